The van der Waals surface area contributed by atoms with Crippen molar-refractivity contribution < 1.29 is 0 Å². The van der Waals surface area contributed by atoms with Gasteiger partial charge in [-0.2, -0.15) is 0 Å². The van der Waals surface area contributed by atoms with Crippen molar-refractivity contribution in [3.05, 3.63) is 58.3 Å². The molecule has 134 valence electrons. The number of hydrogen-bond acceptors (Lipinski definition) is 5. The van der Waals surface area contributed by atoms with Gasteiger partial charge in [0.05, 0.1) is 23.6 Å². The summed E-state index contributed by atoms with van der Waals surface area (Å²) < 4.78 is 0. The number of benzene rings is 1. The summed E-state index contributed by atoms with van der Waals surface area (Å²) in [5.41, 5.74) is 3.13. The van der Waals surface area contributed by atoms with E-state index < -0.39 is 0 Å². The summed E-state index contributed by atoms with van der Waals surface area (Å²) >= 11 is 0. The fraction of sp³-hybridized carbons (Fsp3) is 0.350. The normalized spacial score (nSPS) is 15.3. The summed E-state index contributed by atoms with van der Waals surface area (Å²) in [5, 5.41) is 0.564. The van der Waals surface area contributed by atoms with Gasteiger partial charge >= 0.3 is 0 Å². The topological polar surface area (TPSA) is 65.1 Å². The van der Waals surface area contributed by atoms with Gasteiger partial charge < -0.3 is 14.8 Å². The molecule has 3 heterocycles. The van der Waals surface area contributed by atoms with E-state index in [1.165, 1.54) is 11.3 Å². The van der Waals surface area contributed by atoms with Gasteiger partial charge in [-0.1, -0.05) is 32.0 Å². The lowest BCUT2D eigenvalue weighted by atomic mass is 9.87. The molecule has 0 aliphatic carbocycles. The first kappa shape index (κ1) is 16.6. The Bertz CT molecular complexity index is 1040. The summed E-state index contributed by atoms with van der Waals surface area (Å²) in [7, 11) is 3.80. The maximum absolute atomic E-state index is 12.6. The predicted octanol–water partition coefficient (Wildman–Crippen LogP) is 2.68. The number of rotatable bonds is 3. The molecule has 6 nitrogen and oxygen atoms in total. The molecule has 1 aliphatic rings. The number of para-hydroxylation sites is 1. The zero-order valence-corrected chi connectivity index (χ0v) is 15.6. The molecule has 0 atom stereocenters. The van der Waals surface area contributed by atoms with Crippen LogP contribution in [0.15, 0.2) is 41.3 Å². The molecule has 1 aliphatic heterocycles. The van der Waals surface area contributed by atoms with Gasteiger partial charge in [0, 0.05) is 31.7 Å². The van der Waals surface area contributed by atoms with E-state index in [9.17, 15) is 4.79 Å². The number of H-pyrrole nitrogens is 1. The van der Waals surface area contributed by atoms with Crippen LogP contribution in [0.25, 0.3) is 10.9 Å². The van der Waals surface area contributed by atoms with Crippen LogP contribution in [-0.2, 0) is 12.0 Å². The van der Waals surface area contributed by atoms with Crippen molar-refractivity contribution in [2.75, 3.05) is 30.4 Å². The van der Waals surface area contributed by atoms with Crippen LogP contribution in [0.5, 0.6) is 0 Å². The molecular formula is C20H23N5O. The van der Waals surface area contributed by atoms with Gasteiger partial charge in [0.1, 0.15) is 11.6 Å². The van der Waals surface area contributed by atoms with E-state index >= 15 is 0 Å². The van der Waals surface area contributed by atoms with E-state index in [2.05, 4.69) is 58.0 Å². The van der Waals surface area contributed by atoms with E-state index in [0.29, 0.717) is 23.3 Å². The molecule has 0 radical (unpaired) electrons. The number of hydrogen-bond donors (Lipinski definition) is 1. The van der Waals surface area contributed by atoms with Crippen molar-refractivity contribution in [3.8, 4) is 0 Å². The SMILES string of the molecule is CN(C)c1cc2c(=O)[nH]c(CN3CC(C)(C)c4ccccc43)nc2cn1. The first-order valence-electron chi connectivity index (χ1n) is 8.76. The maximum Gasteiger partial charge on any atom is 0.259 e. The van der Waals surface area contributed by atoms with Crippen LogP contribution in [0.1, 0.15) is 25.2 Å². The van der Waals surface area contributed by atoms with Crippen LogP contribution in [0.2, 0.25) is 0 Å². The lowest BCUT2D eigenvalue weighted by molar-refractivity contribution is 0.547. The number of nitrogens with zero attached hydrogens (tertiary/aromatic N) is 4. The van der Waals surface area contributed by atoms with Gasteiger partial charge in [-0.25, -0.2) is 9.97 Å². The highest BCUT2D eigenvalue weighted by Crippen LogP contribution is 2.40. The molecular weight excluding hydrogens is 326 g/mol. The molecule has 0 bridgehead atoms. The predicted molar refractivity (Wildman–Crippen MR) is 105 cm³/mol. The van der Waals surface area contributed by atoms with E-state index in [1.807, 2.05) is 19.0 Å². The molecule has 2 aromatic heterocycles. The zero-order valence-electron chi connectivity index (χ0n) is 15.6. The van der Waals surface area contributed by atoms with Crippen molar-refractivity contribution in [3.63, 3.8) is 0 Å². The van der Waals surface area contributed by atoms with Gasteiger partial charge in [0.15, 0.2) is 0 Å². The van der Waals surface area contributed by atoms with E-state index in [4.69, 9.17) is 0 Å². The summed E-state index contributed by atoms with van der Waals surface area (Å²) in [6, 6.07) is 10.2. The third-order valence-corrected chi connectivity index (χ3v) is 4.99. The van der Waals surface area contributed by atoms with Crippen LogP contribution >= 0.6 is 0 Å². The van der Waals surface area contributed by atoms with Crippen molar-refractivity contribution in [2.24, 2.45) is 0 Å². The van der Waals surface area contributed by atoms with Gasteiger partial charge in [0.25, 0.3) is 5.56 Å². The number of anilines is 2. The summed E-state index contributed by atoms with van der Waals surface area (Å²) in [6.45, 7) is 5.96. The Kier molecular flexibility index (Phi) is 3.72. The third-order valence-electron chi connectivity index (χ3n) is 4.99. The highest BCUT2D eigenvalue weighted by atomic mass is 16.1. The Morgan fingerprint density at radius 1 is 1.27 bits per heavy atom. The molecule has 3 aromatic rings. The summed E-state index contributed by atoms with van der Waals surface area (Å²) in [4.78, 5) is 28.7. The maximum atomic E-state index is 12.6. The molecule has 0 unspecified atom stereocenters. The molecule has 0 saturated carbocycles. The molecule has 0 spiro atoms. The van der Waals surface area contributed by atoms with Crippen molar-refractivity contribution in [1.29, 1.82) is 0 Å². The van der Waals surface area contributed by atoms with Crippen LogP contribution in [0.4, 0.5) is 11.5 Å². The lowest BCUT2D eigenvalue weighted by Crippen LogP contribution is -2.29. The van der Waals surface area contributed by atoms with E-state index in [0.717, 1.165) is 12.4 Å². The monoisotopic (exact) mass is 349 g/mol. The molecule has 6 heteroatoms. The minimum Gasteiger partial charge on any atom is -0.363 e. The molecule has 1 aromatic carbocycles. The smallest absolute Gasteiger partial charge is 0.259 e. The molecule has 4 rings (SSSR count). The lowest BCUT2D eigenvalue weighted by Gasteiger charge is -2.22. The van der Waals surface area contributed by atoms with Crippen LogP contribution in [-0.4, -0.2) is 35.6 Å². The Labute approximate surface area is 152 Å². The molecule has 0 saturated heterocycles. The van der Waals surface area contributed by atoms with Crippen molar-refractivity contribution in [2.45, 2.75) is 25.8 Å². The summed E-state index contributed by atoms with van der Waals surface area (Å²) in [5.74, 6) is 1.40. The van der Waals surface area contributed by atoms with E-state index in [-0.39, 0.29) is 11.0 Å². The molecule has 0 amide bonds. The zero-order chi connectivity index (χ0) is 18.5. The van der Waals surface area contributed by atoms with Crippen LogP contribution in [0, 0.1) is 0 Å². The average molecular weight is 349 g/mol. The number of nitrogens with one attached hydrogen (secondary N) is 1. The largest absolute Gasteiger partial charge is 0.363 e. The fourth-order valence-electron chi connectivity index (χ4n) is 3.69. The minimum atomic E-state index is -0.123. The Hall–Kier alpha value is -2.89. The Balaban J connectivity index is 1.71. The first-order valence-corrected chi connectivity index (χ1v) is 8.76. The molecule has 1 N–H and O–H groups in total. The Morgan fingerprint density at radius 3 is 2.81 bits per heavy atom. The van der Waals surface area contributed by atoms with E-state index in [1.54, 1.807) is 12.3 Å². The highest BCUT2D eigenvalue weighted by Gasteiger charge is 2.34. The van der Waals surface area contributed by atoms with Gasteiger partial charge in [-0.3, -0.25) is 4.79 Å². The molecule has 26 heavy (non-hydrogen) atoms. The van der Waals surface area contributed by atoms with Crippen molar-refractivity contribution >= 4 is 22.4 Å². The fourth-order valence-corrected chi connectivity index (χ4v) is 3.69. The second kappa shape index (κ2) is 5.83. The highest BCUT2D eigenvalue weighted by molar-refractivity contribution is 5.79. The van der Waals surface area contributed by atoms with Crippen molar-refractivity contribution in [1.82, 2.24) is 15.0 Å². The van der Waals surface area contributed by atoms with Gasteiger partial charge in [-0.15, -0.1) is 0 Å². The first-order chi connectivity index (χ1) is 12.3. The molecule has 0 fully saturated rings. The Morgan fingerprint density at radius 2 is 2.04 bits per heavy atom. The number of fused-ring (bicyclic) bond motifs is 2. The third kappa shape index (κ3) is 2.71. The average Bonchev–Trinajstić information content (AvgIpc) is 2.85. The minimum absolute atomic E-state index is 0.0793. The summed E-state index contributed by atoms with van der Waals surface area (Å²) in [6.07, 6.45) is 1.67. The number of aromatic nitrogens is 3. The van der Waals surface area contributed by atoms with Crippen LogP contribution < -0.4 is 15.4 Å². The second-order valence-electron chi connectivity index (χ2n) is 7.72. The van der Waals surface area contributed by atoms with Crippen LogP contribution in [0.3, 0.4) is 0 Å². The van der Waals surface area contributed by atoms with Gasteiger partial charge in [0.2, 0.25) is 0 Å². The standard InChI is InChI=1S/C20H23N5O/c1-20(2)12-25(16-8-6-5-7-14(16)20)11-17-22-15-10-21-18(24(3)4)9-13(15)19(26)23-17/h5-10H,11-12H2,1-4H3,(H,22,23,26). The van der Waals surface area contributed by atoms with Gasteiger partial charge in [-0.05, 0) is 17.7 Å². The number of pyridine rings is 1. The second-order valence-corrected chi connectivity index (χ2v) is 7.72. The quantitative estimate of drug-likeness (QED) is 0.787. The number of aromatic amines is 1.